The minimum Gasteiger partial charge on any atom is -0.394 e. The van der Waals surface area contributed by atoms with Crippen molar-refractivity contribution in [1.82, 2.24) is 4.57 Å². The topological polar surface area (TPSA) is 107 Å². The Morgan fingerprint density at radius 3 is 2.85 bits per heavy atom. The van der Waals surface area contributed by atoms with Gasteiger partial charge in [-0.05, 0) is 31.0 Å². The molecule has 0 bridgehead atoms. The summed E-state index contributed by atoms with van der Waals surface area (Å²) in [6.45, 7) is 0.0593. The average molecular weight is 375 g/mol. The van der Waals surface area contributed by atoms with Crippen LogP contribution in [-0.4, -0.2) is 40.9 Å². The van der Waals surface area contributed by atoms with Gasteiger partial charge in [-0.25, -0.2) is 4.39 Å². The molecule has 1 fully saturated rings. The molecule has 3 rings (SSSR count). The van der Waals surface area contributed by atoms with Crippen LogP contribution in [0, 0.1) is 11.7 Å². The summed E-state index contributed by atoms with van der Waals surface area (Å²) in [6, 6.07) is 8.55. The quantitative estimate of drug-likeness (QED) is 0.699. The van der Waals surface area contributed by atoms with E-state index in [1.165, 1.54) is 22.8 Å². The van der Waals surface area contributed by atoms with Gasteiger partial charge in [-0.1, -0.05) is 6.07 Å². The number of nitrogens with one attached hydrogen (secondary N) is 1. The van der Waals surface area contributed by atoms with Crippen LogP contribution < -0.4 is 16.6 Å². The Balaban J connectivity index is 1.68. The van der Waals surface area contributed by atoms with E-state index in [1.807, 2.05) is 0 Å². The number of amides is 1. The van der Waals surface area contributed by atoms with Crippen LogP contribution in [-0.2, 0) is 9.53 Å². The zero-order valence-corrected chi connectivity index (χ0v) is 14.7. The van der Waals surface area contributed by atoms with Crippen LogP contribution in [0.25, 0.3) is 5.69 Å². The number of pyridine rings is 1. The first-order valence-electron chi connectivity index (χ1n) is 8.76. The van der Waals surface area contributed by atoms with Gasteiger partial charge in [0.05, 0.1) is 30.7 Å². The van der Waals surface area contributed by atoms with Crippen LogP contribution in [0.5, 0.6) is 0 Å². The van der Waals surface area contributed by atoms with Crippen molar-refractivity contribution in [1.29, 1.82) is 0 Å². The fourth-order valence-corrected chi connectivity index (χ4v) is 3.27. The molecule has 4 N–H and O–H groups in total. The number of halogens is 1. The molecule has 0 spiro atoms. The van der Waals surface area contributed by atoms with Crippen molar-refractivity contribution in [3.8, 4) is 5.69 Å². The first-order chi connectivity index (χ1) is 13.0. The Morgan fingerprint density at radius 2 is 2.15 bits per heavy atom. The number of ether oxygens (including phenoxy) is 1. The zero-order chi connectivity index (χ0) is 19.4. The molecule has 1 heterocycles. The summed E-state index contributed by atoms with van der Waals surface area (Å²) in [5.41, 5.74) is 6.12. The molecular formula is C19H22FN3O4. The highest BCUT2D eigenvalue weighted by molar-refractivity contribution is 5.93. The third-order valence-corrected chi connectivity index (χ3v) is 4.66. The van der Waals surface area contributed by atoms with Crippen molar-refractivity contribution >= 4 is 11.6 Å². The molecule has 0 radical (unpaired) electrons. The van der Waals surface area contributed by atoms with Crippen LogP contribution in [0.4, 0.5) is 10.1 Å². The number of benzene rings is 1. The summed E-state index contributed by atoms with van der Waals surface area (Å²) in [5, 5.41) is 11.4. The van der Waals surface area contributed by atoms with Crippen LogP contribution in [0.1, 0.15) is 12.8 Å². The van der Waals surface area contributed by atoms with E-state index in [4.69, 9.17) is 15.6 Å². The lowest BCUT2D eigenvalue weighted by molar-refractivity contribution is -0.120. The van der Waals surface area contributed by atoms with E-state index >= 15 is 0 Å². The van der Waals surface area contributed by atoms with Crippen molar-refractivity contribution in [2.75, 3.05) is 18.5 Å². The Kier molecular flexibility index (Phi) is 6.00. The Bertz CT molecular complexity index is 870. The first kappa shape index (κ1) is 19.2. The monoisotopic (exact) mass is 375 g/mol. The number of aliphatic hydroxyl groups is 1. The molecule has 2 aromatic rings. The molecule has 0 aliphatic heterocycles. The molecule has 144 valence electrons. The SMILES string of the molecule is N[C@H]1C[C@@H](C(=O)Nc2ccc(-n3ccccc3=O)cc2F)C[C@@H]1OCCO. The number of nitrogens with zero attached hydrogens (tertiary/aromatic N) is 1. The number of aromatic nitrogens is 1. The number of aliphatic hydroxyl groups excluding tert-OH is 1. The second-order valence-electron chi connectivity index (χ2n) is 6.53. The predicted molar refractivity (Wildman–Crippen MR) is 98.2 cm³/mol. The third-order valence-electron chi connectivity index (χ3n) is 4.66. The number of hydrogen-bond donors (Lipinski definition) is 3. The normalized spacial score (nSPS) is 22.0. The summed E-state index contributed by atoms with van der Waals surface area (Å²) < 4.78 is 21.2. The molecular weight excluding hydrogens is 353 g/mol. The van der Waals surface area contributed by atoms with E-state index in [1.54, 1.807) is 24.4 Å². The van der Waals surface area contributed by atoms with Gasteiger partial charge in [-0.3, -0.25) is 14.2 Å². The standard InChI is InChI=1S/C19H22FN3O4/c20-14-11-13(23-6-2-1-3-18(23)25)4-5-16(14)22-19(26)12-9-15(21)17(10-12)27-8-7-24/h1-6,11-12,15,17,24H,7-10,21H2,(H,22,26)/t12-,15+,17+/m1/s1. The number of anilines is 1. The fraction of sp³-hybridized carbons (Fsp3) is 0.368. The maximum absolute atomic E-state index is 14.4. The minimum absolute atomic E-state index is 0.0426. The van der Waals surface area contributed by atoms with E-state index in [2.05, 4.69) is 5.32 Å². The maximum atomic E-state index is 14.4. The van der Waals surface area contributed by atoms with Crippen molar-refractivity contribution in [2.24, 2.45) is 11.7 Å². The molecule has 1 aromatic heterocycles. The van der Waals surface area contributed by atoms with Gasteiger partial charge in [0.25, 0.3) is 5.56 Å². The van der Waals surface area contributed by atoms with Gasteiger partial charge < -0.3 is 20.9 Å². The zero-order valence-electron chi connectivity index (χ0n) is 14.7. The molecule has 3 atom stereocenters. The van der Waals surface area contributed by atoms with Gasteiger partial charge >= 0.3 is 0 Å². The van der Waals surface area contributed by atoms with Gasteiger partial charge in [0.1, 0.15) is 5.82 Å². The first-order valence-corrected chi connectivity index (χ1v) is 8.76. The minimum atomic E-state index is -0.632. The lowest BCUT2D eigenvalue weighted by atomic mass is 10.1. The van der Waals surface area contributed by atoms with Crippen molar-refractivity contribution in [3.05, 3.63) is 58.8 Å². The van der Waals surface area contributed by atoms with Crippen LogP contribution >= 0.6 is 0 Å². The number of rotatable bonds is 6. The number of carbonyl (C=O) groups excluding carboxylic acids is 1. The summed E-state index contributed by atoms with van der Waals surface area (Å²) in [7, 11) is 0. The summed E-state index contributed by atoms with van der Waals surface area (Å²) >= 11 is 0. The molecule has 0 unspecified atom stereocenters. The molecule has 7 nitrogen and oxygen atoms in total. The van der Waals surface area contributed by atoms with Gasteiger partial charge in [0.15, 0.2) is 0 Å². The molecule has 1 amide bonds. The largest absolute Gasteiger partial charge is 0.394 e. The lowest BCUT2D eigenvalue weighted by Crippen LogP contribution is -2.32. The number of carbonyl (C=O) groups is 1. The van der Waals surface area contributed by atoms with Gasteiger partial charge in [-0.2, -0.15) is 0 Å². The second kappa shape index (κ2) is 8.43. The van der Waals surface area contributed by atoms with Crippen molar-refractivity contribution in [3.63, 3.8) is 0 Å². The van der Waals surface area contributed by atoms with Crippen LogP contribution in [0.2, 0.25) is 0 Å². The van der Waals surface area contributed by atoms with Gasteiger partial charge in [0, 0.05) is 30.3 Å². The fourth-order valence-electron chi connectivity index (χ4n) is 3.27. The molecule has 8 heteroatoms. The number of nitrogens with two attached hydrogens (primary N) is 1. The van der Waals surface area contributed by atoms with Crippen LogP contribution in [0.3, 0.4) is 0 Å². The summed E-state index contributed by atoms with van der Waals surface area (Å²) in [5.74, 6) is -1.35. The highest BCUT2D eigenvalue weighted by atomic mass is 19.1. The van der Waals surface area contributed by atoms with Crippen molar-refractivity contribution in [2.45, 2.75) is 25.0 Å². The summed E-state index contributed by atoms with van der Waals surface area (Å²) in [4.78, 5) is 24.3. The van der Waals surface area contributed by atoms with E-state index < -0.39 is 5.82 Å². The van der Waals surface area contributed by atoms with E-state index in [9.17, 15) is 14.0 Å². The Labute approximate surface area is 155 Å². The number of hydrogen-bond acceptors (Lipinski definition) is 5. The average Bonchev–Trinajstić information content (AvgIpc) is 3.03. The summed E-state index contributed by atoms with van der Waals surface area (Å²) in [6.07, 6.45) is 2.10. The maximum Gasteiger partial charge on any atom is 0.255 e. The van der Waals surface area contributed by atoms with E-state index in [0.717, 1.165) is 0 Å². The molecule has 1 aromatic carbocycles. The Morgan fingerprint density at radius 1 is 1.33 bits per heavy atom. The molecule has 1 aliphatic carbocycles. The van der Waals surface area contributed by atoms with Crippen LogP contribution in [0.15, 0.2) is 47.4 Å². The predicted octanol–water partition coefficient (Wildman–Crippen LogP) is 1.03. The highest BCUT2D eigenvalue weighted by Crippen LogP contribution is 2.29. The lowest BCUT2D eigenvalue weighted by Gasteiger charge is -2.15. The smallest absolute Gasteiger partial charge is 0.255 e. The van der Waals surface area contributed by atoms with Gasteiger partial charge in [-0.15, -0.1) is 0 Å². The Hall–Kier alpha value is -2.55. The van der Waals surface area contributed by atoms with Crippen molar-refractivity contribution < 1.29 is 19.0 Å². The highest BCUT2D eigenvalue weighted by Gasteiger charge is 2.36. The molecule has 1 saturated carbocycles. The molecule has 0 saturated heterocycles. The van der Waals surface area contributed by atoms with E-state index in [0.29, 0.717) is 18.5 Å². The third kappa shape index (κ3) is 4.41. The van der Waals surface area contributed by atoms with E-state index in [-0.39, 0.29) is 48.4 Å². The second-order valence-corrected chi connectivity index (χ2v) is 6.53. The van der Waals surface area contributed by atoms with Gasteiger partial charge in [0.2, 0.25) is 5.91 Å². The molecule has 1 aliphatic rings. The molecule has 27 heavy (non-hydrogen) atoms.